The Kier molecular flexibility index (Phi) is 3.51. The molecular weight excluding hydrogens is 228 g/mol. The van der Waals surface area contributed by atoms with Gasteiger partial charge in [-0.15, -0.1) is 0 Å². The number of carbonyl (C=O) groups is 1. The molecule has 0 saturated carbocycles. The summed E-state index contributed by atoms with van der Waals surface area (Å²) in [6.45, 7) is 0. The summed E-state index contributed by atoms with van der Waals surface area (Å²) < 4.78 is 55.4. The number of hydrogen-bond donors (Lipinski definition) is 0. The van der Waals surface area contributed by atoms with Gasteiger partial charge in [-0.1, -0.05) is 6.07 Å². The molecule has 16 heavy (non-hydrogen) atoms. The van der Waals surface area contributed by atoms with Crippen LogP contribution >= 0.6 is 0 Å². The molecule has 0 aliphatic rings. The number of alkyl halides is 3. The Morgan fingerprint density at radius 3 is 2.44 bits per heavy atom. The molecule has 1 aromatic rings. The van der Waals surface area contributed by atoms with Gasteiger partial charge in [-0.25, -0.2) is 4.39 Å². The SMILES string of the molecule is COc1ccc(CC=O)c(F)c1C(F)(F)F. The first kappa shape index (κ1) is 12.5. The van der Waals surface area contributed by atoms with Crippen molar-refractivity contribution in [3.8, 4) is 5.75 Å². The van der Waals surface area contributed by atoms with Crippen molar-refractivity contribution in [1.29, 1.82) is 0 Å². The molecule has 0 saturated heterocycles. The van der Waals surface area contributed by atoms with Crippen molar-refractivity contribution in [1.82, 2.24) is 0 Å². The molecule has 0 aliphatic heterocycles. The Morgan fingerprint density at radius 2 is 2.00 bits per heavy atom. The number of halogens is 4. The van der Waals surface area contributed by atoms with Gasteiger partial charge in [0.25, 0.3) is 0 Å². The van der Waals surface area contributed by atoms with E-state index in [2.05, 4.69) is 4.74 Å². The van der Waals surface area contributed by atoms with Gasteiger partial charge in [0.15, 0.2) is 0 Å². The molecule has 2 nitrogen and oxygen atoms in total. The van der Waals surface area contributed by atoms with Crippen molar-refractivity contribution in [2.24, 2.45) is 0 Å². The Bertz CT molecular complexity index is 399. The fourth-order valence-corrected chi connectivity index (χ4v) is 1.28. The highest BCUT2D eigenvalue weighted by atomic mass is 19.4. The maximum absolute atomic E-state index is 13.4. The van der Waals surface area contributed by atoms with Crippen LogP contribution in [0.2, 0.25) is 0 Å². The number of methoxy groups -OCH3 is 1. The molecule has 88 valence electrons. The summed E-state index contributed by atoms with van der Waals surface area (Å²) >= 11 is 0. The van der Waals surface area contributed by atoms with Gasteiger partial charge in [0.1, 0.15) is 23.4 Å². The molecule has 0 radical (unpaired) electrons. The highest BCUT2D eigenvalue weighted by molar-refractivity contribution is 5.56. The van der Waals surface area contributed by atoms with Crippen LogP contribution in [-0.2, 0) is 17.4 Å². The highest BCUT2D eigenvalue weighted by Gasteiger charge is 2.38. The van der Waals surface area contributed by atoms with E-state index in [0.29, 0.717) is 6.29 Å². The van der Waals surface area contributed by atoms with E-state index >= 15 is 0 Å². The number of carbonyl (C=O) groups excluding carboxylic acids is 1. The molecule has 0 N–H and O–H groups in total. The lowest BCUT2D eigenvalue weighted by atomic mass is 10.1. The van der Waals surface area contributed by atoms with Crippen LogP contribution in [0.1, 0.15) is 11.1 Å². The zero-order valence-corrected chi connectivity index (χ0v) is 8.27. The van der Waals surface area contributed by atoms with E-state index in [1.54, 1.807) is 0 Å². The molecule has 0 amide bonds. The third-order valence-electron chi connectivity index (χ3n) is 1.99. The van der Waals surface area contributed by atoms with Crippen LogP contribution in [0.5, 0.6) is 5.75 Å². The maximum Gasteiger partial charge on any atom is 0.422 e. The van der Waals surface area contributed by atoms with Crippen LogP contribution in [0, 0.1) is 5.82 Å². The van der Waals surface area contributed by atoms with E-state index in [1.165, 1.54) is 0 Å². The van der Waals surface area contributed by atoms with E-state index in [4.69, 9.17) is 0 Å². The Labute approximate surface area is 88.8 Å². The second-order valence-electron chi connectivity index (χ2n) is 2.98. The minimum atomic E-state index is -4.85. The van der Waals surface area contributed by atoms with Gasteiger partial charge in [-0.3, -0.25) is 0 Å². The Balaban J connectivity index is 3.40. The van der Waals surface area contributed by atoms with Crippen molar-refractivity contribution in [3.05, 3.63) is 29.1 Å². The lowest BCUT2D eigenvalue weighted by Gasteiger charge is -2.14. The second-order valence-corrected chi connectivity index (χ2v) is 2.98. The van der Waals surface area contributed by atoms with E-state index in [1.807, 2.05) is 0 Å². The van der Waals surface area contributed by atoms with Gasteiger partial charge in [0.2, 0.25) is 0 Å². The number of hydrogen-bond acceptors (Lipinski definition) is 2. The first-order chi connectivity index (χ1) is 7.41. The minimum Gasteiger partial charge on any atom is -0.496 e. The van der Waals surface area contributed by atoms with E-state index in [0.717, 1.165) is 19.2 Å². The summed E-state index contributed by atoms with van der Waals surface area (Å²) in [5.74, 6) is -2.06. The lowest BCUT2D eigenvalue weighted by molar-refractivity contribution is -0.141. The predicted octanol–water partition coefficient (Wildman–Crippen LogP) is 2.59. The number of ether oxygens (including phenoxy) is 1. The molecular formula is C10H8F4O2. The molecule has 0 spiro atoms. The van der Waals surface area contributed by atoms with E-state index in [-0.39, 0.29) is 5.56 Å². The van der Waals surface area contributed by atoms with Gasteiger partial charge in [-0.05, 0) is 11.6 Å². The molecule has 0 heterocycles. The normalized spacial score (nSPS) is 11.3. The van der Waals surface area contributed by atoms with Crippen LogP contribution in [0.4, 0.5) is 17.6 Å². The summed E-state index contributed by atoms with van der Waals surface area (Å²) in [7, 11) is 1.02. The van der Waals surface area contributed by atoms with Gasteiger partial charge < -0.3 is 9.53 Å². The smallest absolute Gasteiger partial charge is 0.422 e. The van der Waals surface area contributed by atoms with Crippen molar-refractivity contribution in [2.45, 2.75) is 12.6 Å². The topological polar surface area (TPSA) is 26.3 Å². The summed E-state index contributed by atoms with van der Waals surface area (Å²) in [5.41, 5.74) is -1.78. The minimum absolute atomic E-state index is 0.303. The molecule has 0 unspecified atom stereocenters. The summed E-state index contributed by atoms with van der Waals surface area (Å²) in [4.78, 5) is 10.2. The number of benzene rings is 1. The van der Waals surface area contributed by atoms with Crippen LogP contribution in [-0.4, -0.2) is 13.4 Å². The molecule has 6 heteroatoms. The molecule has 0 aromatic heterocycles. The zero-order chi connectivity index (χ0) is 12.3. The molecule has 0 fully saturated rings. The van der Waals surface area contributed by atoms with E-state index < -0.39 is 29.7 Å². The third-order valence-corrected chi connectivity index (χ3v) is 1.99. The van der Waals surface area contributed by atoms with Crippen molar-refractivity contribution in [3.63, 3.8) is 0 Å². The monoisotopic (exact) mass is 236 g/mol. The number of rotatable bonds is 3. The average Bonchev–Trinajstić information content (AvgIpc) is 2.19. The third kappa shape index (κ3) is 2.32. The van der Waals surface area contributed by atoms with Crippen LogP contribution < -0.4 is 4.74 Å². The molecule has 1 rings (SSSR count). The summed E-state index contributed by atoms with van der Waals surface area (Å²) in [5, 5.41) is 0. The van der Waals surface area contributed by atoms with Gasteiger partial charge in [0, 0.05) is 6.42 Å². The first-order valence-electron chi connectivity index (χ1n) is 4.28. The maximum atomic E-state index is 13.4. The van der Waals surface area contributed by atoms with Gasteiger partial charge in [0.05, 0.1) is 7.11 Å². The highest BCUT2D eigenvalue weighted by Crippen LogP contribution is 2.39. The average molecular weight is 236 g/mol. The zero-order valence-electron chi connectivity index (χ0n) is 8.27. The van der Waals surface area contributed by atoms with E-state index in [9.17, 15) is 22.4 Å². The van der Waals surface area contributed by atoms with Crippen molar-refractivity contribution < 1.29 is 27.1 Å². The fourth-order valence-electron chi connectivity index (χ4n) is 1.28. The van der Waals surface area contributed by atoms with Crippen LogP contribution in [0.25, 0.3) is 0 Å². The Hall–Kier alpha value is -1.59. The molecule has 0 atom stereocenters. The van der Waals surface area contributed by atoms with Crippen molar-refractivity contribution >= 4 is 6.29 Å². The van der Waals surface area contributed by atoms with Crippen LogP contribution in [0.3, 0.4) is 0 Å². The predicted molar refractivity (Wildman–Crippen MR) is 47.7 cm³/mol. The van der Waals surface area contributed by atoms with Gasteiger partial charge in [-0.2, -0.15) is 13.2 Å². The quantitative estimate of drug-likeness (QED) is 0.595. The molecule has 0 bridgehead atoms. The standard InChI is InChI=1S/C10H8F4O2/c1-16-7-3-2-6(4-5-15)9(11)8(7)10(12,13)14/h2-3,5H,4H2,1H3. The molecule has 1 aromatic carbocycles. The lowest BCUT2D eigenvalue weighted by Crippen LogP contribution is -2.12. The van der Waals surface area contributed by atoms with Gasteiger partial charge >= 0.3 is 6.18 Å². The molecule has 0 aliphatic carbocycles. The Morgan fingerprint density at radius 1 is 1.38 bits per heavy atom. The number of aldehydes is 1. The summed E-state index contributed by atoms with van der Waals surface area (Å²) in [6, 6.07) is 2.09. The second kappa shape index (κ2) is 4.51. The largest absolute Gasteiger partial charge is 0.496 e. The first-order valence-corrected chi connectivity index (χ1v) is 4.28. The van der Waals surface area contributed by atoms with Crippen molar-refractivity contribution in [2.75, 3.05) is 7.11 Å². The fraction of sp³-hybridized carbons (Fsp3) is 0.300. The summed E-state index contributed by atoms with van der Waals surface area (Å²) in [6.07, 6.45) is -4.92. The van der Waals surface area contributed by atoms with Crippen LogP contribution in [0.15, 0.2) is 12.1 Å².